The van der Waals surface area contributed by atoms with Crippen molar-refractivity contribution in [3.8, 4) is 11.5 Å². The Kier molecular flexibility index (Phi) is 8.74. The number of aryl methyl sites for hydroxylation is 1. The number of rotatable bonds is 11. The lowest BCUT2D eigenvalue weighted by atomic mass is 10.1. The molecule has 0 heterocycles. The molecule has 2 rings (SSSR count). The zero-order valence-corrected chi connectivity index (χ0v) is 19.7. The van der Waals surface area contributed by atoms with E-state index in [1.54, 1.807) is 19.2 Å². The maximum atomic E-state index is 12.3. The summed E-state index contributed by atoms with van der Waals surface area (Å²) >= 11 is 0. The average molecular weight is 449 g/mol. The van der Waals surface area contributed by atoms with Gasteiger partial charge in [0.15, 0.2) is 11.5 Å². The lowest BCUT2D eigenvalue weighted by Crippen LogP contribution is -2.37. The van der Waals surface area contributed by atoms with E-state index in [-0.39, 0.29) is 24.9 Å². The molecule has 7 nitrogen and oxygen atoms in total. The van der Waals surface area contributed by atoms with Gasteiger partial charge in [0.2, 0.25) is 15.9 Å². The molecule has 0 aliphatic carbocycles. The predicted molar refractivity (Wildman–Crippen MR) is 123 cm³/mol. The largest absolute Gasteiger partial charge is 0.493 e. The molecule has 2 aromatic carbocycles. The number of nitrogens with zero attached hydrogens (tertiary/aromatic N) is 1. The van der Waals surface area contributed by atoms with Crippen LogP contribution in [0, 0.1) is 13.8 Å². The van der Waals surface area contributed by atoms with Crippen molar-refractivity contribution in [1.29, 1.82) is 0 Å². The fourth-order valence-corrected chi connectivity index (χ4v) is 4.21. The normalized spacial score (nSPS) is 12.2. The van der Waals surface area contributed by atoms with E-state index >= 15 is 0 Å². The van der Waals surface area contributed by atoms with E-state index in [1.807, 2.05) is 51.1 Å². The molecule has 0 saturated heterocycles. The molecule has 2 aromatic rings. The number of amides is 1. The van der Waals surface area contributed by atoms with Crippen molar-refractivity contribution in [2.75, 3.05) is 30.8 Å². The van der Waals surface area contributed by atoms with Crippen LogP contribution >= 0.6 is 0 Å². The fraction of sp³-hybridized carbons (Fsp3) is 0.435. The maximum absolute atomic E-state index is 12.3. The third kappa shape index (κ3) is 7.17. The molecular formula is C23H32N2O5S. The number of para-hydroxylation sites is 2. The molecule has 0 unspecified atom stereocenters. The molecule has 0 bridgehead atoms. The van der Waals surface area contributed by atoms with Gasteiger partial charge in [-0.2, -0.15) is 0 Å². The minimum absolute atomic E-state index is 0.148. The average Bonchev–Trinajstić information content (AvgIpc) is 2.71. The van der Waals surface area contributed by atoms with Crippen molar-refractivity contribution < 1.29 is 22.7 Å². The van der Waals surface area contributed by atoms with Crippen molar-refractivity contribution in [3.05, 3.63) is 53.6 Å². The van der Waals surface area contributed by atoms with Crippen LogP contribution in [0.3, 0.4) is 0 Å². The number of carbonyl (C=O) groups is 1. The van der Waals surface area contributed by atoms with E-state index in [4.69, 9.17) is 9.47 Å². The van der Waals surface area contributed by atoms with Crippen molar-refractivity contribution in [3.63, 3.8) is 0 Å². The van der Waals surface area contributed by atoms with Crippen LogP contribution in [0.2, 0.25) is 0 Å². The van der Waals surface area contributed by atoms with Crippen LogP contribution in [0.15, 0.2) is 42.5 Å². The first-order valence-electron chi connectivity index (χ1n) is 10.2. The van der Waals surface area contributed by atoms with Gasteiger partial charge in [-0.3, -0.25) is 9.10 Å². The van der Waals surface area contributed by atoms with Crippen LogP contribution in [-0.4, -0.2) is 46.9 Å². The molecule has 1 amide bonds. The molecule has 170 valence electrons. The summed E-state index contributed by atoms with van der Waals surface area (Å²) in [5, 5.41) is 2.89. The first-order chi connectivity index (χ1) is 14.6. The highest BCUT2D eigenvalue weighted by molar-refractivity contribution is 7.92. The van der Waals surface area contributed by atoms with E-state index in [1.165, 1.54) is 10.6 Å². The number of carbonyl (C=O) groups excluding carboxylic acids is 1. The molecule has 1 N–H and O–H groups in total. The van der Waals surface area contributed by atoms with Gasteiger partial charge in [-0.15, -0.1) is 0 Å². The summed E-state index contributed by atoms with van der Waals surface area (Å²) in [5.41, 5.74) is 2.59. The van der Waals surface area contributed by atoms with Crippen LogP contribution in [0.1, 0.15) is 30.9 Å². The van der Waals surface area contributed by atoms with Gasteiger partial charge in [-0.05, 0) is 56.5 Å². The Labute approximate surface area is 185 Å². The summed E-state index contributed by atoms with van der Waals surface area (Å²) in [7, 11) is -1.88. The SMILES string of the molecule is COc1ccccc1OC[C@@H](C)NC(=O)CCCN(c1cccc(C)c1C)S(C)(=O)=O. The van der Waals surface area contributed by atoms with Gasteiger partial charge < -0.3 is 14.8 Å². The molecule has 0 fully saturated rings. The van der Waals surface area contributed by atoms with E-state index < -0.39 is 10.0 Å². The molecular weight excluding hydrogens is 416 g/mol. The van der Waals surface area contributed by atoms with Crippen molar-refractivity contribution in [1.82, 2.24) is 5.32 Å². The smallest absolute Gasteiger partial charge is 0.232 e. The number of sulfonamides is 1. The number of ether oxygens (including phenoxy) is 2. The van der Waals surface area contributed by atoms with Crippen LogP contribution in [0.4, 0.5) is 5.69 Å². The number of hydrogen-bond donors (Lipinski definition) is 1. The van der Waals surface area contributed by atoms with Gasteiger partial charge in [0, 0.05) is 13.0 Å². The summed E-state index contributed by atoms with van der Waals surface area (Å²) in [6, 6.07) is 12.7. The number of anilines is 1. The molecule has 1 atom stereocenters. The van der Waals surface area contributed by atoms with Gasteiger partial charge in [0.25, 0.3) is 0 Å². The highest BCUT2D eigenvalue weighted by atomic mass is 32.2. The summed E-state index contributed by atoms with van der Waals surface area (Å²) in [5.74, 6) is 1.10. The first kappa shape index (κ1) is 24.5. The third-order valence-corrected chi connectivity index (χ3v) is 6.16. The molecule has 8 heteroatoms. The Morgan fingerprint density at radius 3 is 2.42 bits per heavy atom. The summed E-state index contributed by atoms with van der Waals surface area (Å²) in [4.78, 5) is 12.3. The van der Waals surface area contributed by atoms with Gasteiger partial charge in [-0.25, -0.2) is 8.42 Å². The van der Waals surface area contributed by atoms with E-state index in [2.05, 4.69) is 5.32 Å². The predicted octanol–water partition coefficient (Wildman–Crippen LogP) is 3.44. The van der Waals surface area contributed by atoms with Gasteiger partial charge >= 0.3 is 0 Å². The summed E-state index contributed by atoms with van der Waals surface area (Å²) in [6.45, 7) is 6.24. The number of benzene rings is 2. The Morgan fingerprint density at radius 2 is 1.77 bits per heavy atom. The Hall–Kier alpha value is -2.74. The van der Waals surface area contributed by atoms with Crippen LogP contribution < -0.4 is 19.1 Å². The lowest BCUT2D eigenvalue weighted by molar-refractivity contribution is -0.121. The standard InChI is InChI=1S/C23H32N2O5S/c1-17-10-8-11-20(19(17)3)25(31(5,27)28)15-9-14-23(26)24-18(2)16-30-22-13-7-6-12-21(22)29-4/h6-8,10-13,18H,9,14-16H2,1-5H3,(H,24,26)/t18-/m1/s1. The summed E-state index contributed by atoms with van der Waals surface area (Å²) in [6.07, 6.45) is 1.81. The Bertz CT molecular complexity index is 991. The second-order valence-electron chi connectivity index (χ2n) is 7.59. The lowest BCUT2D eigenvalue weighted by Gasteiger charge is -2.25. The minimum Gasteiger partial charge on any atom is -0.493 e. The minimum atomic E-state index is -3.45. The van der Waals surface area contributed by atoms with E-state index in [0.29, 0.717) is 30.2 Å². The molecule has 0 aliphatic rings. The van der Waals surface area contributed by atoms with Gasteiger partial charge in [0.05, 0.1) is 25.1 Å². The molecule has 0 aliphatic heterocycles. The van der Waals surface area contributed by atoms with Crippen molar-refractivity contribution in [2.24, 2.45) is 0 Å². The monoisotopic (exact) mass is 448 g/mol. The second-order valence-corrected chi connectivity index (χ2v) is 9.49. The zero-order chi connectivity index (χ0) is 23.0. The van der Waals surface area contributed by atoms with Crippen molar-refractivity contribution in [2.45, 2.75) is 39.7 Å². The Morgan fingerprint density at radius 1 is 1.10 bits per heavy atom. The maximum Gasteiger partial charge on any atom is 0.232 e. The van der Waals surface area contributed by atoms with Crippen LogP contribution in [0.25, 0.3) is 0 Å². The van der Waals surface area contributed by atoms with Crippen LogP contribution in [0.5, 0.6) is 11.5 Å². The number of methoxy groups -OCH3 is 1. The van der Waals surface area contributed by atoms with Crippen molar-refractivity contribution >= 4 is 21.6 Å². The fourth-order valence-electron chi connectivity index (χ4n) is 3.20. The molecule has 31 heavy (non-hydrogen) atoms. The Balaban J connectivity index is 1.87. The van der Waals surface area contributed by atoms with E-state index in [9.17, 15) is 13.2 Å². The van der Waals surface area contributed by atoms with Gasteiger partial charge in [-0.1, -0.05) is 24.3 Å². The van der Waals surface area contributed by atoms with Crippen LogP contribution in [-0.2, 0) is 14.8 Å². The number of nitrogens with one attached hydrogen (secondary N) is 1. The molecule has 0 aromatic heterocycles. The number of hydrogen-bond acceptors (Lipinski definition) is 5. The molecule has 0 radical (unpaired) electrons. The van der Waals surface area contributed by atoms with E-state index in [0.717, 1.165) is 11.1 Å². The highest BCUT2D eigenvalue weighted by Gasteiger charge is 2.20. The molecule has 0 saturated carbocycles. The quantitative estimate of drug-likeness (QED) is 0.569. The third-order valence-electron chi connectivity index (χ3n) is 4.98. The topological polar surface area (TPSA) is 84.9 Å². The zero-order valence-electron chi connectivity index (χ0n) is 18.8. The van der Waals surface area contributed by atoms with Gasteiger partial charge in [0.1, 0.15) is 6.61 Å². The first-order valence-corrected chi connectivity index (χ1v) is 12.1. The second kappa shape index (κ2) is 11.0. The highest BCUT2D eigenvalue weighted by Crippen LogP contribution is 2.26. The summed E-state index contributed by atoms with van der Waals surface area (Å²) < 4.78 is 37.0. The molecule has 0 spiro atoms.